The van der Waals surface area contributed by atoms with Gasteiger partial charge in [0.05, 0.1) is 19.3 Å². The van der Waals surface area contributed by atoms with E-state index in [1.165, 1.54) is 16.8 Å². The number of rotatable bonds is 8. The topological polar surface area (TPSA) is 105 Å². The van der Waals surface area contributed by atoms with Crippen molar-refractivity contribution in [3.05, 3.63) is 96.0 Å². The summed E-state index contributed by atoms with van der Waals surface area (Å²) in [5.74, 6) is 1.13. The number of aliphatic imine (C=N–C) groups is 1. The van der Waals surface area contributed by atoms with E-state index in [1.54, 1.807) is 25.6 Å². The van der Waals surface area contributed by atoms with Gasteiger partial charge in [0.1, 0.15) is 16.5 Å². The number of thioether (sulfide) groups is 1. The number of aryl methyl sites for hydroxylation is 1. The maximum absolute atomic E-state index is 13.0. The molecule has 1 N–H and O–H groups in total. The summed E-state index contributed by atoms with van der Waals surface area (Å²) in [7, 11) is 1.64. The van der Waals surface area contributed by atoms with Gasteiger partial charge in [0, 0.05) is 47.2 Å². The van der Waals surface area contributed by atoms with Crippen LogP contribution in [0.4, 0.5) is 0 Å². The molecule has 2 aromatic carbocycles. The summed E-state index contributed by atoms with van der Waals surface area (Å²) in [4.78, 5) is 21.4. The second-order valence-corrected chi connectivity index (χ2v) is 9.80. The summed E-state index contributed by atoms with van der Waals surface area (Å²) >= 11 is 1.26. The Hall–Kier alpha value is -4.70. The van der Waals surface area contributed by atoms with E-state index in [4.69, 9.17) is 14.9 Å². The molecule has 2 aromatic heterocycles. The number of nitrogens with one attached hydrogen (secondary N) is 1. The van der Waals surface area contributed by atoms with Crippen LogP contribution >= 0.6 is 11.8 Å². The van der Waals surface area contributed by atoms with Gasteiger partial charge in [-0.25, -0.2) is 0 Å². The molecule has 0 unspecified atom stereocenters. The van der Waals surface area contributed by atoms with Crippen LogP contribution in [0.1, 0.15) is 17.5 Å². The van der Waals surface area contributed by atoms with Crippen molar-refractivity contribution in [1.29, 1.82) is 5.41 Å². The Morgan fingerprint density at radius 3 is 2.67 bits per heavy atom. The van der Waals surface area contributed by atoms with Crippen molar-refractivity contribution in [2.24, 2.45) is 10.1 Å². The third-order valence-electron chi connectivity index (χ3n) is 6.35. The van der Waals surface area contributed by atoms with Crippen molar-refractivity contribution in [3.63, 3.8) is 0 Å². The lowest BCUT2D eigenvalue weighted by Gasteiger charge is -2.20. The standard InChI is InChI=1S/C29H24N6O3S/c1-37-21-9-11-22(12-10-21)38-15-5-14-34-18-20(23-7-2-3-8-25(23)34)16-24-26(30)35-29(32-27(24)36)39-28(33-35)19-6-4-13-31-17-19/h2-4,6-13,16-18,30H,5,14-15H2,1H3. The number of amides is 1. The Bertz CT molecular complexity index is 1660. The fraction of sp³-hybridized carbons (Fsp3) is 0.138. The number of hydrazone groups is 1. The molecule has 0 bridgehead atoms. The van der Waals surface area contributed by atoms with Crippen LogP contribution < -0.4 is 9.47 Å². The SMILES string of the molecule is COc1ccc(OCCCn2cc(C=C3C(=N)N4N=C(c5cccnc5)SC4=NC3=O)c3ccccc32)cc1. The van der Waals surface area contributed by atoms with E-state index in [1.807, 2.05) is 66.9 Å². The lowest BCUT2D eigenvalue weighted by molar-refractivity contribution is -0.114. The average Bonchev–Trinajstić information content (AvgIpc) is 3.56. The minimum atomic E-state index is -0.453. The van der Waals surface area contributed by atoms with Crippen LogP contribution in [0.2, 0.25) is 0 Å². The maximum atomic E-state index is 13.0. The second kappa shape index (κ2) is 10.6. The highest BCUT2D eigenvalue weighted by molar-refractivity contribution is 8.27. The first-order chi connectivity index (χ1) is 19.1. The van der Waals surface area contributed by atoms with Crippen molar-refractivity contribution >= 4 is 50.7 Å². The van der Waals surface area contributed by atoms with E-state index in [9.17, 15) is 4.79 Å². The number of hydrogen-bond donors (Lipinski definition) is 1. The second-order valence-electron chi connectivity index (χ2n) is 8.84. The molecule has 4 heterocycles. The molecule has 0 saturated carbocycles. The molecule has 0 saturated heterocycles. The molecule has 0 spiro atoms. The molecular weight excluding hydrogens is 512 g/mol. The normalized spacial score (nSPS) is 15.9. The van der Waals surface area contributed by atoms with E-state index < -0.39 is 5.91 Å². The number of aromatic nitrogens is 2. The number of hydrogen-bond acceptors (Lipinski definition) is 7. The minimum absolute atomic E-state index is 0.00103. The molecule has 1 amide bonds. The van der Waals surface area contributed by atoms with Gasteiger partial charge in [-0.3, -0.25) is 15.2 Å². The van der Waals surface area contributed by atoms with E-state index in [0.717, 1.165) is 46.5 Å². The van der Waals surface area contributed by atoms with Gasteiger partial charge < -0.3 is 14.0 Å². The summed E-state index contributed by atoms with van der Waals surface area (Å²) in [5.41, 5.74) is 2.89. The molecule has 2 aliphatic rings. The van der Waals surface area contributed by atoms with Crippen molar-refractivity contribution in [1.82, 2.24) is 14.6 Å². The first kappa shape index (κ1) is 24.6. The van der Waals surface area contributed by atoms with Gasteiger partial charge in [-0.15, -0.1) is 0 Å². The molecule has 194 valence electrons. The van der Waals surface area contributed by atoms with Gasteiger partial charge in [-0.05, 0) is 66.7 Å². The van der Waals surface area contributed by atoms with Gasteiger partial charge >= 0.3 is 0 Å². The molecule has 6 rings (SSSR count). The highest BCUT2D eigenvalue weighted by atomic mass is 32.2. The number of methoxy groups -OCH3 is 1. The minimum Gasteiger partial charge on any atom is -0.497 e. The van der Waals surface area contributed by atoms with Crippen LogP contribution in [0.25, 0.3) is 17.0 Å². The van der Waals surface area contributed by atoms with Gasteiger partial charge in [-0.1, -0.05) is 18.2 Å². The van der Waals surface area contributed by atoms with Gasteiger partial charge in [-0.2, -0.15) is 15.1 Å². The summed E-state index contributed by atoms with van der Waals surface area (Å²) in [5, 5.41) is 16.7. The van der Waals surface area contributed by atoms with E-state index in [2.05, 4.69) is 19.6 Å². The van der Waals surface area contributed by atoms with Gasteiger partial charge in [0.25, 0.3) is 5.91 Å². The molecule has 0 atom stereocenters. The zero-order valence-electron chi connectivity index (χ0n) is 21.1. The van der Waals surface area contributed by atoms with Crippen LogP contribution in [0.3, 0.4) is 0 Å². The molecule has 0 aliphatic carbocycles. The Labute approximate surface area is 229 Å². The molecule has 9 nitrogen and oxygen atoms in total. The van der Waals surface area contributed by atoms with E-state index in [0.29, 0.717) is 16.8 Å². The van der Waals surface area contributed by atoms with Gasteiger partial charge in [0.15, 0.2) is 5.84 Å². The number of carbonyl (C=O) groups excluding carboxylic acids is 1. The first-order valence-corrected chi connectivity index (χ1v) is 13.2. The van der Waals surface area contributed by atoms with Crippen LogP contribution in [-0.2, 0) is 11.3 Å². The summed E-state index contributed by atoms with van der Waals surface area (Å²) in [6.45, 7) is 1.29. The predicted octanol–water partition coefficient (Wildman–Crippen LogP) is 5.18. The molecule has 39 heavy (non-hydrogen) atoms. The van der Waals surface area contributed by atoms with Crippen molar-refractivity contribution in [2.75, 3.05) is 13.7 Å². The van der Waals surface area contributed by atoms with Crippen molar-refractivity contribution in [3.8, 4) is 11.5 Å². The number of carbonyl (C=O) groups is 1. The number of para-hydroxylation sites is 1. The van der Waals surface area contributed by atoms with Gasteiger partial charge in [0.2, 0.25) is 5.17 Å². The zero-order chi connectivity index (χ0) is 26.8. The van der Waals surface area contributed by atoms with Crippen molar-refractivity contribution < 1.29 is 14.3 Å². The van der Waals surface area contributed by atoms with Crippen molar-refractivity contribution in [2.45, 2.75) is 13.0 Å². The lowest BCUT2D eigenvalue weighted by atomic mass is 10.1. The fourth-order valence-corrected chi connectivity index (χ4v) is 5.31. The van der Waals surface area contributed by atoms with Crippen LogP contribution in [0, 0.1) is 5.41 Å². The molecule has 4 aromatic rings. The van der Waals surface area contributed by atoms with Crippen LogP contribution in [-0.4, -0.2) is 50.2 Å². The van der Waals surface area contributed by atoms with E-state index in [-0.39, 0.29) is 11.4 Å². The lowest BCUT2D eigenvalue weighted by Crippen LogP contribution is -2.35. The number of benzene rings is 2. The Morgan fingerprint density at radius 2 is 1.87 bits per heavy atom. The molecule has 2 aliphatic heterocycles. The molecular formula is C29H24N6O3S. The number of amidine groups is 2. The highest BCUT2D eigenvalue weighted by Crippen LogP contribution is 2.32. The zero-order valence-corrected chi connectivity index (χ0v) is 21.9. The smallest absolute Gasteiger partial charge is 0.283 e. The number of pyridine rings is 1. The quantitative estimate of drug-likeness (QED) is 0.246. The third kappa shape index (κ3) is 4.94. The predicted molar refractivity (Wildman–Crippen MR) is 153 cm³/mol. The third-order valence-corrected chi connectivity index (χ3v) is 7.31. The molecule has 0 fully saturated rings. The molecule has 10 heteroatoms. The van der Waals surface area contributed by atoms with Crippen LogP contribution in [0.15, 0.2) is 94.9 Å². The fourth-order valence-electron chi connectivity index (χ4n) is 4.43. The Balaban J connectivity index is 1.21. The monoisotopic (exact) mass is 536 g/mol. The molecule has 0 radical (unpaired) electrons. The number of nitrogens with zero attached hydrogens (tertiary/aromatic N) is 5. The Morgan fingerprint density at radius 1 is 1.05 bits per heavy atom. The maximum Gasteiger partial charge on any atom is 0.283 e. The first-order valence-electron chi connectivity index (χ1n) is 12.4. The largest absolute Gasteiger partial charge is 0.497 e. The summed E-state index contributed by atoms with van der Waals surface area (Å²) < 4.78 is 13.2. The average molecular weight is 537 g/mol. The Kier molecular flexibility index (Phi) is 6.68. The van der Waals surface area contributed by atoms with E-state index >= 15 is 0 Å². The summed E-state index contributed by atoms with van der Waals surface area (Å²) in [6, 6.07) is 19.3. The van der Waals surface area contributed by atoms with Crippen LogP contribution in [0.5, 0.6) is 11.5 Å². The number of fused-ring (bicyclic) bond motifs is 2. The highest BCUT2D eigenvalue weighted by Gasteiger charge is 2.36. The summed E-state index contributed by atoms with van der Waals surface area (Å²) in [6.07, 6.45) is 7.92. The number of ether oxygens (including phenoxy) is 2.